The van der Waals surface area contributed by atoms with Crippen molar-refractivity contribution in [2.45, 2.75) is 32.4 Å². The molecule has 22 heavy (non-hydrogen) atoms. The van der Waals surface area contributed by atoms with Gasteiger partial charge >= 0.3 is 0 Å². The highest BCUT2D eigenvalue weighted by molar-refractivity contribution is 5.92. The first-order valence-electron chi connectivity index (χ1n) is 8.12. The van der Waals surface area contributed by atoms with Crippen LogP contribution in [0.15, 0.2) is 6.08 Å². The van der Waals surface area contributed by atoms with E-state index in [4.69, 9.17) is 5.73 Å². The fraction of sp³-hybridized carbons (Fsp3) is 0.625. The van der Waals surface area contributed by atoms with E-state index < -0.39 is 5.91 Å². The maximum atomic E-state index is 11.7. The minimum Gasteiger partial charge on any atom is -0.364 e. The molecule has 1 saturated heterocycles. The Labute approximate surface area is 131 Å². The summed E-state index contributed by atoms with van der Waals surface area (Å²) in [6, 6.07) is 0. The Morgan fingerprint density at radius 2 is 2.00 bits per heavy atom. The molecule has 0 saturated carbocycles. The minimum atomic E-state index is -0.432. The molecule has 0 bridgehead atoms. The van der Waals surface area contributed by atoms with Crippen LogP contribution >= 0.6 is 0 Å². The fourth-order valence-corrected chi connectivity index (χ4v) is 3.35. The molecular weight excluding hydrogens is 278 g/mol. The molecule has 1 aromatic rings. The number of fused-ring (bicyclic) bond motifs is 1. The van der Waals surface area contributed by atoms with Gasteiger partial charge in [-0.1, -0.05) is 6.08 Å². The van der Waals surface area contributed by atoms with Crippen molar-refractivity contribution in [1.29, 1.82) is 0 Å². The first-order chi connectivity index (χ1) is 10.6. The monoisotopic (exact) mass is 303 g/mol. The number of carbonyl (C=O) groups is 1. The van der Waals surface area contributed by atoms with E-state index in [1.807, 2.05) is 6.08 Å². The smallest absolute Gasteiger partial charge is 0.269 e. The second-order valence-corrected chi connectivity index (χ2v) is 6.28. The number of nitrogens with two attached hydrogens (primary N) is 1. The fourth-order valence-electron chi connectivity index (χ4n) is 3.35. The number of primary amides is 1. The van der Waals surface area contributed by atoms with Crippen LogP contribution in [0.2, 0.25) is 0 Å². The van der Waals surface area contributed by atoms with Gasteiger partial charge in [-0.15, -0.1) is 0 Å². The third-order valence-electron chi connectivity index (χ3n) is 4.51. The molecule has 120 valence electrons. The number of likely N-dealkylation sites (tertiary alicyclic amines) is 1. The molecule has 1 fully saturated rings. The number of hydrogen-bond donors (Lipinski definition) is 1. The average Bonchev–Trinajstić information content (AvgIpc) is 3.05. The molecule has 3 heterocycles. The lowest BCUT2D eigenvalue weighted by atomic mass is 10.3. The Morgan fingerprint density at radius 3 is 2.73 bits per heavy atom. The summed E-state index contributed by atoms with van der Waals surface area (Å²) in [6.07, 6.45) is 7.85. The molecule has 0 aromatic carbocycles. The van der Waals surface area contributed by atoms with Crippen LogP contribution in [0.25, 0.3) is 6.08 Å². The van der Waals surface area contributed by atoms with Crippen molar-refractivity contribution < 1.29 is 4.79 Å². The third-order valence-corrected chi connectivity index (χ3v) is 4.51. The molecule has 2 N–H and O–H groups in total. The molecule has 3 rings (SSSR count). The zero-order valence-electron chi connectivity index (χ0n) is 13.3. The van der Waals surface area contributed by atoms with E-state index in [1.165, 1.54) is 25.9 Å². The van der Waals surface area contributed by atoms with E-state index in [2.05, 4.69) is 32.5 Å². The Balaban J connectivity index is 1.82. The van der Waals surface area contributed by atoms with Crippen molar-refractivity contribution in [2.24, 2.45) is 5.73 Å². The number of amides is 1. The maximum absolute atomic E-state index is 11.7. The van der Waals surface area contributed by atoms with Crippen LogP contribution in [0.5, 0.6) is 0 Å². The molecular formula is C16H25N5O. The van der Waals surface area contributed by atoms with Crippen molar-refractivity contribution in [2.75, 3.05) is 33.2 Å². The highest BCUT2D eigenvalue weighted by Gasteiger charge is 2.22. The van der Waals surface area contributed by atoms with Gasteiger partial charge in [-0.3, -0.25) is 9.69 Å². The SMILES string of the molecule is CN1CCCn2c(/C=C/CN3CCCC3)nc(C(N)=O)c2C1. The summed E-state index contributed by atoms with van der Waals surface area (Å²) in [5, 5.41) is 0. The van der Waals surface area contributed by atoms with Crippen LogP contribution < -0.4 is 5.73 Å². The summed E-state index contributed by atoms with van der Waals surface area (Å²) in [7, 11) is 2.07. The molecule has 0 aliphatic carbocycles. The summed E-state index contributed by atoms with van der Waals surface area (Å²) < 4.78 is 2.16. The summed E-state index contributed by atoms with van der Waals surface area (Å²) >= 11 is 0. The second-order valence-electron chi connectivity index (χ2n) is 6.28. The average molecular weight is 303 g/mol. The van der Waals surface area contributed by atoms with Gasteiger partial charge < -0.3 is 15.2 Å². The van der Waals surface area contributed by atoms with Crippen molar-refractivity contribution in [3.63, 3.8) is 0 Å². The van der Waals surface area contributed by atoms with Gasteiger partial charge in [0.1, 0.15) is 5.82 Å². The van der Waals surface area contributed by atoms with E-state index in [1.54, 1.807) is 0 Å². The summed E-state index contributed by atoms with van der Waals surface area (Å²) in [5.74, 6) is 0.427. The van der Waals surface area contributed by atoms with E-state index in [0.717, 1.165) is 44.1 Å². The Morgan fingerprint density at radius 1 is 1.23 bits per heavy atom. The van der Waals surface area contributed by atoms with Crippen LogP contribution in [0, 0.1) is 0 Å². The van der Waals surface area contributed by atoms with Crippen LogP contribution in [0.3, 0.4) is 0 Å². The lowest BCUT2D eigenvalue weighted by Crippen LogP contribution is -2.21. The lowest BCUT2D eigenvalue weighted by Gasteiger charge is -2.12. The number of rotatable bonds is 4. The zero-order valence-corrected chi connectivity index (χ0v) is 13.3. The van der Waals surface area contributed by atoms with Crippen LogP contribution in [-0.2, 0) is 13.1 Å². The molecule has 0 spiro atoms. The van der Waals surface area contributed by atoms with Crippen molar-refractivity contribution in [1.82, 2.24) is 19.4 Å². The van der Waals surface area contributed by atoms with Crippen molar-refractivity contribution >= 4 is 12.0 Å². The van der Waals surface area contributed by atoms with Gasteiger partial charge in [0.05, 0.1) is 5.69 Å². The normalized spacial score (nSPS) is 20.4. The number of imidazole rings is 1. The molecule has 0 radical (unpaired) electrons. The quantitative estimate of drug-likeness (QED) is 0.898. The molecule has 2 aliphatic rings. The summed E-state index contributed by atoms with van der Waals surface area (Å²) in [6.45, 7) is 5.96. The van der Waals surface area contributed by atoms with Crippen molar-refractivity contribution in [3.8, 4) is 0 Å². The number of hydrogen-bond acceptors (Lipinski definition) is 4. The minimum absolute atomic E-state index is 0.426. The molecule has 6 heteroatoms. The Kier molecular flexibility index (Phi) is 4.59. The number of nitrogens with zero attached hydrogens (tertiary/aromatic N) is 4. The van der Waals surface area contributed by atoms with Gasteiger partial charge in [-0.2, -0.15) is 0 Å². The van der Waals surface area contributed by atoms with E-state index in [9.17, 15) is 4.79 Å². The summed E-state index contributed by atoms with van der Waals surface area (Å²) in [5.41, 5.74) is 6.89. The third kappa shape index (κ3) is 3.23. The van der Waals surface area contributed by atoms with Gasteiger partial charge in [0, 0.05) is 19.6 Å². The number of carbonyl (C=O) groups excluding carboxylic acids is 1. The van der Waals surface area contributed by atoms with Gasteiger partial charge in [-0.25, -0.2) is 4.98 Å². The summed E-state index contributed by atoms with van der Waals surface area (Å²) in [4.78, 5) is 20.8. The van der Waals surface area contributed by atoms with Gasteiger partial charge in [0.15, 0.2) is 5.69 Å². The molecule has 2 aliphatic heterocycles. The van der Waals surface area contributed by atoms with Crippen LogP contribution in [0.4, 0.5) is 0 Å². The molecule has 6 nitrogen and oxygen atoms in total. The molecule has 0 unspecified atom stereocenters. The maximum Gasteiger partial charge on any atom is 0.269 e. The lowest BCUT2D eigenvalue weighted by molar-refractivity contribution is 0.0994. The van der Waals surface area contributed by atoms with Crippen LogP contribution in [-0.4, -0.2) is 58.5 Å². The topological polar surface area (TPSA) is 67.4 Å². The Hall–Kier alpha value is -1.66. The zero-order chi connectivity index (χ0) is 15.5. The van der Waals surface area contributed by atoms with E-state index in [0.29, 0.717) is 5.69 Å². The van der Waals surface area contributed by atoms with Crippen LogP contribution in [0.1, 0.15) is 41.3 Å². The predicted octanol–water partition coefficient (Wildman–Crippen LogP) is 0.926. The van der Waals surface area contributed by atoms with Gasteiger partial charge in [0.25, 0.3) is 5.91 Å². The molecule has 1 aromatic heterocycles. The first kappa shape index (κ1) is 15.2. The standard InChI is InChI=1S/C16H25N5O/c1-19-7-5-11-21-13(12-19)15(16(17)22)18-14(21)6-4-10-20-8-2-3-9-20/h4,6H,2-3,5,7-12H2,1H3,(H2,17,22)/b6-4+. The highest BCUT2D eigenvalue weighted by atomic mass is 16.1. The van der Waals surface area contributed by atoms with E-state index >= 15 is 0 Å². The van der Waals surface area contributed by atoms with Gasteiger partial charge in [-0.05, 0) is 52.0 Å². The molecule has 1 amide bonds. The number of aromatic nitrogens is 2. The highest BCUT2D eigenvalue weighted by Crippen LogP contribution is 2.19. The van der Waals surface area contributed by atoms with Crippen molar-refractivity contribution in [3.05, 3.63) is 23.3 Å². The Bertz CT molecular complexity index is 571. The molecule has 0 atom stereocenters. The first-order valence-corrected chi connectivity index (χ1v) is 8.12. The largest absolute Gasteiger partial charge is 0.364 e. The van der Waals surface area contributed by atoms with Gasteiger partial charge in [0.2, 0.25) is 0 Å². The van der Waals surface area contributed by atoms with E-state index in [-0.39, 0.29) is 0 Å². The predicted molar refractivity (Wildman–Crippen MR) is 86.4 cm³/mol. The second kappa shape index (κ2) is 6.62.